The van der Waals surface area contributed by atoms with Crippen molar-refractivity contribution in [2.75, 3.05) is 39.6 Å². The number of hydrogen-bond acceptors (Lipinski definition) is 15. The van der Waals surface area contributed by atoms with Crippen LogP contribution < -0.4 is 0 Å². The van der Waals surface area contributed by atoms with E-state index in [1.54, 1.807) is 0 Å². The number of phosphoric ester groups is 2. The molecule has 99 heavy (non-hydrogen) atoms. The fourth-order valence-corrected chi connectivity index (χ4v) is 13.9. The summed E-state index contributed by atoms with van der Waals surface area (Å²) in [5, 5.41) is 10.6. The number of aliphatic hydroxyl groups is 1. The summed E-state index contributed by atoms with van der Waals surface area (Å²) in [6.45, 7) is 9.58. The van der Waals surface area contributed by atoms with Crippen LogP contribution in [0.3, 0.4) is 0 Å². The number of unbranched alkanes of at least 4 members (excludes halogenated alkanes) is 49. The SMILES string of the molecule is CCCCCCCCCCCCCCCCCCCCCCC(=O)O[C@H](COC(=O)CCCCCCCCCCCCCCCCCCC(C)C)COP(=O)(O)OC[C@@H](O)COP(=O)(O)OC[C@@H](COC(=O)CCCCCCC)OC(=O)CCCCCCCCCCCCCCC(C)C. The van der Waals surface area contributed by atoms with Crippen molar-refractivity contribution in [3.8, 4) is 0 Å². The van der Waals surface area contributed by atoms with Crippen molar-refractivity contribution in [2.24, 2.45) is 11.8 Å². The lowest BCUT2D eigenvalue weighted by atomic mass is 10.0. The Kier molecular flexibility index (Phi) is 70.3. The largest absolute Gasteiger partial charge is 0.472 e. The lowest BCUT2D eigenvalue weighted by Crippen LogP contribution is -2.30. The van der Waals surface area contributed by atoms with Crippen molar-refractivity contribution in [3.05, 3.63) is 0 Å². The Morgan fingerprint density at radius 1 is 0.273 bits per heavy atom. The molecule has 0 aromatic rings. The number of rotatable bonds is 79. The van der Waals surface area contributed by atoms with E-state index in [0.29, 0.717) is 25.7 Å². The molecule has 0 radical (unpaired) electrons. The molecule has 0 saturated carbocycles. The summed E-state index contributed by atoms with van der Waals surface area (Å²) in [6.07, 6.45) is 61.6. The summed E-state index contributed by atoms with van der Waals surface area (Å²) in [7, 11) is -9.91. The van der Waals surface area contributed by atoms with Crippen molar-refractivity contribution in [1.82, 2.24) is 0 Å². The van der Waals surface area contributed by atoms with E-state index in [1.807, 2.05) is 0 Å². The fourth-order valence-electron chi connectivity index (χ4n) is 12.4. The van der Waals surface area contributed by atoms with Crippen molar-refractivity contribution in [2.45, 2.75) is 439 Å². The predicted molar refractivity (Wildman–Crippen MR) is 405 cm³/mol. The predicted octanol–water partition coefficient (Wildman–Crippen LogP) is 23.9. The molecule has 17 nitrogen and oxygen atoms in total. The number of ether oxygens (including phenoxy) is 4. The minimum atomic E-state index is -4.96. The number of carbonyl (C=O) groups is 4. The molecule has 5 atom stereocenters. The first kappa shape index (κ1) is 97.1. The van der Waals surface area contributed by atoms with E-state index in [2.05, 4.69) is 41.5 Å². The van der Waals surface area contributed by atoms with Crippen LogP contribution in [0.2, 0.25) is 0 Å². The minimum Gasteiger partial charge on any atom is -0.462 e. The fraction of sp³-hybridized carbons (Fsp3) is 0.950. The maximum Gasteiger partial charge on any atom is 0.472 e. The number of phosphoric acid groups is 2. The summed E-state index contributed by atoms with van der Waals surface area (Å²) >= 11 is 0. The molecule has 2 unspecified atom stereocenters. The second-order valence-electron chi connectivity index (χ2n) is 29.8. The van der Waals surface area contributed by atoms with Crippen LogP contribution in [0.5, 0.6) is 0 Å². The first-order valence-electron chi connectivity index (χ1n) is 41.5. The van der Waals surface area contributed by atoms with Gasteiger partial charge in [-0.1, -0.05) is 369 Å². The van der Waals surface area contributed by atoms with Gasteiger partial charge in [0.25, 0.3) is 0 Å². The van der Waals surface area contributed by atoms with Gasteiger partial charge in [0.15, 0.2) is 12.2 Å². The molecule has 19 heteroatoms. The van der Waals surface area contributed by atoms with E-state index in [1.165, 1.54) is 231 Å². The van der Waals surface area contributed by atoms with Crippen LogP contribution in [0.15, 0.2) is 0 Å². The summed E-state index contributed by atoms with van der Waals surface area (Å²) < 4.78 is 68.4. The molecule has 0 aromatic carbocycles. The van der Waals surface area contributed by atoms with Gasteiger partial charge in [-0.2, -0.15) is 0 Å². The Balaban J connectivity index is 5.12. The second-order valence-corrected chi connectivity index (χ2v) is 32.7. The van der Waals surface area contributed by atoms with Crippen molar-refractivity contribution >= 4 is 39.5 Å². The number of esters is 4. The summed E-state index contributed by atoms with van der Waals surface area (Å²) in [5.74, 6) is -0.532. The average molecular weight is 1450 g/mol. The van der Waals surface area contributed by atoms with Gasteiger partial charge in [-0.15, -0.1) is 0 Å². The Hall–Kier alpha value is -1.94. The zero-order chi connectivity index (χ0) is 72.8. The molecule has 0 aromatic heterocycles. The monoisotopic (exact) mass is 1450 g/mol. The zero-order valence-corrected chi connectivity index (χ0v) is 66.6. The molecule has 0 bridgehead atoms. The summed E-state index contributed by atoms with van der Waals surface area (Å²) in [6, 6.07) is 0. The second kappa shape index (κ2) is 71.7. The number of carbonyl (C=O) groups excluding carboxylic acids is 4. The molecule has 0 heterocycles. The lowest BCUT2D eigenvalue weighted by molar-refractivity contribution is -0.161. The quantitative estimate of drug-likeness (QED) is 0.0222. The molecule has 0 aliphatic carbocycles. The van der Waals surface area contributed by atoms with Gasteiger partial charge in [0.1, 0.15) is 19.3 Å². The van der Waals surface area contributed by atoms with Crippen LogP contribution in [0.1, 0.15) is 420 Å². The van der Waals surface area contributed by atoms with Crippen LogP contribution >= 0.6 is 15.6 Å². The van der Waals surface area contributed by atoms with Gasteiger partial charge in [-0.05, 0) is 37.5 Å². The van der Waals surface area contributed by atoms with Crippen molar-refractivity contribution in [3.63, 3.8) is 0 Å². The first-order valence-corrected chi connectivity index (χ1v) is 44.5. The van der Waals surface area contributed by atoms with E-state index in [-0.39, 0.29) is 25.7 Å². The smallest absolute Gasteiger partial charge is 0.462 e. The lowest BCUT2D eigenvalue weighted by Gasteiger charge is -2.21. The average Bonchev–Trinajstić information content (AvgIpc) is 0.983. The van der Waals surface area contributed by atoms with Crippen LogP contribution in [-0.2, 0) is 65.4 Å². The maximum absolute atomic E-state index is 13.1. The van der Waals surface area contributed by atoms with Crippen LogP contribution in [0, 0.1) is 11.8 Å². The van der Waals surface area contributed by atoms with Gasteiger partial charge in [0.2, 0.25) is 0 Å². The van der Waals surface area contributed by atoms with Crippen molar-refractivity contribution < 1.29 is 80.2 Å². The van der Waals surface area contributed by atoms with E-state index in [0.717, 1.165) is 108 Å². The molecule has 3 N–H and O–H groups in total. The highest BCUT2D eigenvalue weighted by Gasteiger charge is 2.30. The van der Waals surface area contributed by atoms with Crippen molar-refractivity contribution in [1.29, 1.82) is 0 Å². The molecular weight excluding hydrogens is 1290 g/mol. The summed E-state index contributed by atoms with van der Waals surface area (Å²) in [4.78, 5) is 72.7. The Bertz CT molecular complexity index is 1910. The standard InChI is InChI=1S/C80H156O17P2/c1-7-9-11-13-14-15-16-17-18-19-20-21-22-27-30-36-41-46-52-58-65-80(85)97-76(69-91-78(83)63-57-51-45-40-35-29-26-24-23-25-28-33-38-43-49-54-60-72(3)4)71-95-99(88,89)93-67-74(81)66-92-98(86,87)94-70-75(68-90-77(82)62-56-48-12-10-8-2)96-79(84)64-59-53-47-42-37-32-31-34-39-44-50-55-61-73(5)6/h72-76,81H,7-71H2,1-6H3,(H,86,87)(H,88,89)/t74-,75+,76+/m0/s1. The molecule has 0 amide bonds. The molecule has 0 rings (SSSR count). The first-order chi connectivity index (χ1) is 47.9. The minimum absolute atomic E-state index is 0.106. The number of aliphatic hydroxyl groups excluding tert-OH is 1. The Morgan fingerprint density at radius 2 is 0.465 bits per heavy atom. The van der Waals surface area contributed by atoms with E-state index in [4.69, 9.17) is 37.0 Å². The van der Waals surface area contributed by atoms with E-state index in [9.17, 15) is 43.2 Å². The molecule has 588 valence electrons. The Labute approximate surface area is 607 Å². The third kappa shape index (κ3) is 74.1. The molecular formula is C80H156O17P2. The molecule has 0 spiro atoms. The van der Waals surface area contributed by atoms with E-state index < -0.39 is 97.5 Å². The molecule has 0 fully saturated rings. The highest BCUT2D eigenvalue weighted by atomic mass is 31.2. The third-order valence-corrected chi connectivity index (χ3v) is 20.6. The normalized spacial score (nSPS) is 13.9. The zero-order valence-electron chi connectivity index (χ0n) is 64.8. The van der Waals surface area contributed by atoms with Crippen LogP contribution in [-0.4, -0.2) is 96.7 Å². The third-order valence-electron chi connectivity index (χ3n) is 18.7. The summed E-state index contributed by atoms with van der Waals surface area (Å²) in [5.41, 5.74) is 0. The van der Waals surface area contributed by atoms with E-state index >= 15 is 0 Å². The molecule has 0 aliphatic rings. The van der Waals surface area contributed by atoms with Gasteiger partial charge in [-0.3, -0.25) is 37.3 Å². The van der Waals surface area contributed by atoms with Crippen LogP contribution in [0.25, 0.3) is 0 Å². The van der Waals surface area contributed by atoms with Gasteiger partial charge >= 0.3 is 39.5 Å². The van der Waals surface area contributed by atoms with Gasteiger partial charge in [0, 0.05) is 25.7 Å². The van der Waals surface area contributed by atoms with Crippen LogP contribution in [0.4, 0.5) is 0 Å². The van der Waals surface area contributed by atoms with Gasteiger partial charge < -0.3 is 33.8 Å². The highest BCUT2D eigenvalue weighted by molar-refractivity contribution is 7.47. The van der Waals surface area contributed by atoms with Gasteiger partial charge in [0.05, 0.1) is 26.4 Å². The Morgan fingerprint density at radius 3 is 0.687 bits per heavy atom. The molecule has 0 aliphatic heterocycles. The number of hydrogen-bond donors (Lipinski definition) is 3. The maximum atomic E-state index is 13.1. The highest BCUT2D eigenvalue weighted by Crippen LogP contribution is 2.45. The van der Waals surface area contributed by atoms with Gasteiger partial charge in [-0.25, -0.2) is 9.13 Å². The molecule has 0 saturated heterocycles. The topological polar surface area (TPSA) is 237 Å².